The van der Waals surface area contributed by atoms with Crippen LogP contribution in [0.2, 0.25) is 0 Å². The smallest absolute Gasteiger partial charge is 0.270 e. The van der Waals surface area contributed by atoms with Gasteiger partial charge in [0.05, 0.1) is 0 Å². The SMILES string of the molecule is [NH-][NH+](N)CCS(=O)(=O)O. The first-order valence-electron chi connectivity index (χ1n) is 2.20. The van der Waals surface area contributed by atoms with Gasteiger partial charge in [-0.15, -0.1) is 0 Å². The average Bonchev–Trinajstić information content (AvgIpc) is 1.59. The second-order valence-electron chi connectivity index (χ2n) is 1.56. The molecular formula is C2H9N3O3S. The second kappa shape index (κ2) is 3.08. The summed E-state index contributed by atoms with van der Waals surface area (Å²) in [4.78, 5) is 0. The van der Waals surface area contributed by atoms with Crippen molar-refractivity contribution in [3.05, 3.63) is 5.84 Å². The van der Waals surface area contributed by atoms with Gasteiger partial charge in [0.1, 0.15) is 12.3 Å². The molecule has 0 heterocycles. The minimum absolute atomic E-state index is 0.112. The van der Waals surface area contributed by atoms with E-state index in [0.717, 1.165) is 0 Å². The standard InChI is InChI=1S/C2H9N3O3S/c3-5(4)1-2-9(6,7)8/h3,5H,1-2,4H2,(H,6,7,8). The highest BCUT2D eigenvalue weighted by Gasteiger charge is 2.04. The Balaban J connectivity index is 3.53. The third kappa shape index (κ3) is 7.79. The molecule has 1 unspecified atom stereocenters. The van der Waals surface area contributed by atoms with Gasteiger partial charge in [-0.2, -0.15) is 14.3 Å². The molecule has 6 nitrogen and oxygen atoms in total. The Bertz CT molecular complexity index is 162. The van der Waals surface area contributed by atoms with Crippen LogP contribution in [0.5, 0.6) is 0 Å². The maximum Gasteiger partial charge on any atom is 0.270 e. The lowest BCUT2D eigenvalue weighted by molar-refractivity contribution is -0.858. The van der Waals surface area contributed by atoms with E-state index in [-0.39, 0.29) is 11.7 Å². The number of hydrogen-bond donors (Lipinski definition) is 3. The van der Waals surface area contributed by atoms with E-state index in [2.05, 4.69) is 0 Å². The molecule has 56 valence electrons. The van der Waals surface area contributed by atoms with Gasteiger partial charge in [0.25, 0.3) is 10.1 Å². The third-order valence-corrected chi connectivity index (χ3v) is 1.35. The normalized spacial score (nSPS) is 15.4. The number of hydrogen-bond acceptors (Lipinski definition) is 3. The maximum absolute atomic E-state index is 9.94. The highest BCUT2D eigenvalue weighted by atomic mass is 32.2. The van der Waals surface area contributed by atoms with Crippen molar-refractivity contribution in [2.24, 2.45) is 5.84 Å². The fourth-order valence-electron chi connectivity index (χ4n) is 0.239. The predicted molar refractivity (Wildman–Crippen MR) is 30.8 cm³/mol. The van der Waals surface area contributed by atoms with E-state index in [1.807, 2.05) is 0 Å². The van der Waals surface area contributed by atoms with Crippen molar-refractivity contribution in [2.75, 3.05) is 12.3 Å². The molecule has 0 saturated heterocycles. The van der Waals surface area contributed by atoms with Gasteiger partial charge < -0.3 is 11.0 Å². The van der Waals surface area contributed by atoms with Crippen LogP contribution in [-0.4, -0.2) is 25.3 Å². The Hall–Kier alpha value is -0.210. The molecule has 0 spiro atoms. The van der Waals surface area contributed by atoms with E-state index >= 15 is 0 Å². The van der Waals surface area contributed by atoms with Gasteiger partial charge in [-0.05, 0) is 0 Å². The maximum atomic E-state index is 9.94. The molecule has 0 rings (SSSR count). The van der Waals surface area contributed by atoms with Gasteiger partial charge in [-0.25, -0.2) is 0 Å². The van der Waals surface area contributed by atoms with Gasteiger partial charge in [0.15, 0.2) is 0 Å². The topological polar surface area (TPSA) is 109 Å². The fourth-order valence-corrected chi connectivity index (χ4v) is 0.717. The minimum Gasteiger partial charge on any atom is -0.449 e. The molecule has 1 atom stereocenters. The predicted octanol–water partition coefficient (Wildman–Crippen LogP) is -2.40. The first-order chi connectivity index (χ1) is 3.92. The van der Waals surface area contributed by atoms with Crippen molar-refractivity contribution in [1.29, 1.82) is 0 Å². The minimum atomic E-state index is -3.94. The van der Waals surface area contributed by atoms with Crippen molar-refractivity contribution in [2.45, 2.75) is 0 Å². The zero-order chi connectivity index (χ0) is 7.49. The van der Waals surface area contributed by atoms with E-state index in [1.165, 1.54) is 0 Å². The van der Waals surface area contributed by atoms with Crippen LogP contribution in [0.1, 0.15) is 0 Å². The first-order valence-corrected chi connectivity index (χ1v) is 3.81. The molecule has 5 N–H and O–H groups in total. The summed E-state index contributed by atoms with van der Waals surface area (Å²) in [5.41, 5.74) is 0. The summed E-state index contributed by atoms with van der Waals surface area (Å²) in [7, 11) is -3.94. The molecule has 0 aromatic carbocycles. The monoisotopic (exact) mass is 155 g/mol. The van der Waals surface area contributed by atoms with E-state index in [0.29, 0.717) is 0 Å². The molecular weight excluding hydrogens is 146 g/mol. The molecule has 0 saturated carbocycles. The number of nitrogens with one attached hydrogen (secondary N) is 2. The highest BCUT2D eigenvalue weighted by Crippen LogP contribution is 1.74. The van der Waals surface area contributed by atoms with Crippen molar-refractivity contribution in [3.8, 4) is 0 Å². The zero-order valence-electron chi connectivity index (χ0n) is 4.66. The Morgan fingerprint density at radius 2 is 2.11 bits per heavy atom. The number of nitrogens with two attached hydrogens (primary N) is 1. The van der Waals surface area contributed by atoms with Gasteiger partial charge in [0, 0.05) is 0 Å². The van der Waals surface area contributed by atoms with E-state index in [1.54, 1.807) is 0 Å². The van der Waals surface area contributed by atoms with Crippen LogP contribution < -0.4 is 11.0 Å². The van der Waals surface area contributed by atoms with Crippen molar-refractivity contribution in [1.82, 2.24) is 0 Å². The third-order valence-electron chi connectivity index (χ3n) is 0.629. The summed E-state index contributed by atoms with van der Waals surface area (Å²) in [6.07, 6.45) is 0. The van der Waals surface area contributed by atoms with Crippen LogP contribution in [0, 0.1) is 0 Å². The van der Waals surface area contributed by atoms with Crippen LogP contribution in [0.4, 0.5) is 0 Å². The average molecular weight is 155 g/mol. The summed E-state index contributed by atoms with van der Waals surface area (Å²) < 4.78 is 28.0. The number of quaternary nitrogens is 1. The van der Waals surface area contributed by atoms with Crippen LogP contribution in [-0.2, 0) is 10.1 Å². The van der Waals surface area contributed by atoms with Gasteiger partial charge in [-0.3, -0.25) is 4.55 Å². The van der Waals surface area contributed by atoms with Gasteiger partial charge >= 0.3 is 0 Å². The van der Waals surface area contributed by atoms with Gasteiger partial charge in [0.2, 0.25) is 0 Å². The molecule has 0 aliphatic carbocycles. The zero-order valence-corrected chi connectivity index (χ0v) is 5.48. The Morgan fingerprint density at radius 3 is 2.22 bits per heavy atom. The summed E-state index contributed by atoms with van der Waals surface area (Å²) in [5, 5.41) is -0.243. The molecule has 0 amide bonds. The van der Waals surface area contributed by atoms with E-state index < -0.39 is 15.9 Å². The Kier molecular flexibility index (Phi) is 3.01. The molecule has 0 fully saturated rings. The fraction of sp³-hybridized carbons (Fsp3) is 1.00. The van der Waals surface area contributed by atoms with Crippen LogP contribution in [0.3, 0.4) is 0 Å². The van der Waals surface area contributed by atoms with Crippen molar-refractivity contribution < 1.29 is 18.1 Å². The Morgan fingerprint density at radius 1 is 1.67 bits per heavy atom. The summed E-state index contributed by atoms with van der Waals surface area (Å²) in [5.74, 6) is 10.9. The van der Waals surface area contributed by atoms with Crippen molar-refractivity contribution in [3.63, 3.8) is 0 Å². The molecule has 0 bridgehead atoms. The lowest BCUT2D eigenvalue weighted by Gasteiger charge is -2.11. The lowest BCUT2D eigenvalue weighted by Crippen LogP contribution is -3.12. The van der Waals surface area contributed by atoms with Crippen molar-refractivity contribution >= 4 is 10.1 Å². The summed E-state index contributed by atoms with van der Waals surface area (Å²) in [6, 6.07) is 0. The second-order valence-corrected chi connectivity index (χ2v) is 3.13. The molecule has 0 aromatic rings. The quantitative estimate of drug-likeness (QED) is 0.240. The first kappa shape index (κ1) is 8.79. The number of rotatable bonds is 3. The molecule has 7 heteroatoms. The van der Waals surface area contributed by atoms with Crippen LogP contribution in [0.25, 0.3) is 5.84 Å². The molecule has 0 aliphatic rings. The molecule has 0 radical (unpaired) electrons. The van der Waals surface area contributed by atoms with Crippen LogP contribution in [0.15, 0.2) is 0 Å². The van der Waals surface area contributed by atoms with E-state index in [4.69, 9.17) is 16.2 Å². The lowest BCUT2D eigenvalue weighted by atomic mass is 10.8. The molecule has 0 aliphatic heterocycles. The summed E-state index contributed by atoms with van der Waals surface area (Å²) >= 11 is 0. The highest BCUT2D eigenvalue weighted by molar-refractivity contribution is 7.85. The molecule has 9 heavy (non-hydrogen) atoms. The largest absolute Gasteiger partial charge is 0.449 e. The Labute approximate surface area is 53.1 Å². The summed E-state index contributed by atoms with van der Waals surface area (Å²) in [6.45, 7) is -0.112. The van der Waals surface area contributed by atoms with E-state index in [9.17, 15) is 8.42 Å². The van der Waals surface area contributed by atoms with Gasteiger partial charge in [-0.1, -0.05) is 0 Å². The molecule has 0 aromatic heterocycles. The van der Waals surface area contributed by atoms with Crippen LogP contribution >= 0.6 is 0 Å².